The molecule has 3 aromatic rings. The summed E-state index contributed by atoms with van der Waals surface area (Å²) in [6, 6.07) is 12.0. The molecule has 2 heterocycles. The summed E-state index contributed by atoms with van der Waals surface area (Å²) in [5.41, 5.74) is 2.65. The molecule has 8 heteroatoms. The normalized spacial score (nSPS) is 13.4. The predicted molar refractivity (Wildman–Crippen MR) is 114 cm³/mol. The van der Waals surface area contributed by atoms with Crippen molar-refractivity contribution >= 4 is 40.5 Å². The lowest BCUT2D eigenvalue weighted by atomic mass is 10.2. The number of barbiturate groups is 1. The minimum atomic E-state index is -0.770. The Morgan fingerprint density at radius 3 is 2.43 bits per heavy atom. The number of benzene rings is 2. The van der Waals surface area contributed by atoms with E-state index >= 15 is 0 Å². The van der Waals surface area contributed by atoms with E-state index in [1.165, 1.54) is 42.8 Å². The number of ether oxygens (including phenoxy) is 2. The highest BCUT2D eigenvalue weighted by molar-refractivity contribution is 6.26. The zero-order chi connectivity index (χ0) is 21.7. The zero-order valence-electron chi connectivity index (χ0n) is 16.6. The number of fused-ring (bicyclic) bond motifs is 1. The molecule has 0 aliphatic carbocycles. The van der Waals surface area contributed by atoms with Crippen molar-refractivity contribution in [1.29, 1.82) is 0 Å². The van der Waals surface area contributed by atoms with E-state index in [4.69, 9.17) is 9.47 Å². The number of nitrogens with one attached hydrogen (secondary N) is 2. The quantitative estimate of drug-likeness (QED) is 0.645. The summed E-state index contributed by atoms with van der Waals surface area (Å²) in [4.78, 5) is 38.5. The van der Waals surface area contributed by atoms with Crippen molar-refractivity contribution in [3.8, 4) is 11.5 Å². The van der Waals surface area contributed by atoms with Gasteiger partial charge < -0.3 is 14.5 Å². The Morgan fingerprint density at radius 2 is 1.77 bits per heavy atom. The van der Waals surface area contributed by atoms with Crippen LogP contribution in [0.15, 0.2) is 55.2 Å². The van der Waals surface area contributed by atoms with Crippen LogP contribution in [-0.4, -0.2) is 37.0 Å². The number of para-hydroxylation sites is 1. The van der Waals surface area contributed by atoms with Crippen molar-refractivity contribution in [2.24, 2.45) is 0 Å². The van der Waals surface area contributed by atoms with Gasteiger partial charge in [-0.3, -0.25) is 14.9 Å². The topological polar surface area (TPSA) is 101 Å². The number of H-pyrrole nitrogens is 1. The summed E-state index contributed by atoms with van der Waals surface area (Å²) in [5, 5.41) is 3.32. The Labute approximate surface area is 173 Å². The first-order chi connectivity index (χ1) is 14.5. The molecule has 0 bridgehead atoms. The fourth-order valence-corrected chi connectivity index (χ4v) is 3.04. The predicted octanol–water partition coefficient (Wildman–Crippen LogP) is 3.49. The van der Waals surface area contributed by atoms with Gasteiger partial charge in [0, 0.05) is 23.2 Å². The minimum Gasteiger partial charge on any atom is -0.493 e. The molecule has 2 N–H and O–H groups in total. The van der Waals surface area contributed by atoms with E-state index in [-0.39, 0.29) is 6.42 Å². The molecule has 1 aromatic heterocycles. The molecule has 8 nitrogen and oxygen atoms in total. The number of anilines is 1. The molecule has 0 spiro atoms. The van der Waals surface area contributed by atoms with Gasteiger partial charge in [0.25, 0.3) is 0 Å². The van der Waals surface area contributed by atoms with Crippen LogP contribution < -0.4 is 19.7 Å². The molecule has 30 heavy (non-hydrogen) atoms. The maximum absolute atomic E-state index is 11.7. The van der Waals surface area contributed by atoms with Crippen LogP contribution in [0, 0.1) is 0 Å². The van der Waals surface area contributed by atoms with Crippen LogP contribution in [0.2, 0.25) is 0 Å². The first-order valence-electron chi connectivity index (χ1n) is 9.05. The molecule has 0 radical (unpaired) electrons. The van der Waals surface area contributed by atoms with Crippen molar-refractivity contribution in [2.45, 2.75) is 6.42 Å². The van der Waals surface area contributed by atoms with Crippen LogP contribution in [0.4, 0.5) is 10.5 Å². The van der Waals surface area contributed by atoms with Crippen molar-refractivity contribution in [1.82, 2.24) is 10.3 Å². The van der Waals surface area contributed by atoms with Gasteiger partial charge in [-0.05, 0) is 23.8 Å². The van der Waals surface area contributed by atoms with E-state index in [2.05, 4.69) is 29.0 Å². The maximum Gasteiger partial charge on any atom is 0.335 e. The second kappa shape index (κ2) is 8.95. The van der Waals surface area contributed by atoms with Crippen LogP contribution in [0.5, 0.6) is 11.5 Å². The Kier molecular flexibility index (Phi) is 6.17. The lowest BCUT2D eigenvalue weighted by Gasteiger charge is -2.25. The Morgan fingerprint density at radius 1 is 1.03 bits per heavy atom. The summed E-state index contributed by atoms with van der Waals surface area (Å²) in [7, 11) is 2.93. The van der Waals surface area contributed by atoms with E-state index in [1.807, 2.05) is 24.4 Å². The molecule has 0 atom stereocenters. The number of aromatic nitrogens is 1. The van der Waals surface area contributed by atoms with E-state index in [1.54, 1.807) is 6.07 Å². The lowest BCUT2D eigenvalue weighted by molar-refractivity contribution is -0.128. The van der Waals surface area contributed by atoms with Crippen molar-refractivity contribution in [3.63, 3.8) is 0 Å². The van der Waals surface area contributed by atoms with E-state index in [9.17, 15) is 14.4 Å². The summed E-state index contributed by atoms with van der Waals surface area (Å²) >= 11 is 0. The second-order valence-electron chi connectivity index (χ2n) is 6.29. The molecule has 4 amide bonds. The highest BCUT2D eigenvalue weighted by atomic mass is 16.5. The average Bonchev–Trinajstić information content (AvgIpc) is 3.16. The third kappa shape index (κ3) is 4.17. The fraction of sp³-hybridized carbons (Fsp3) is 0.136. The van der Waals surface area contributed by atoms with Gasteiger partial charge >= 0.3 is 6.03 Å². The summed E-state index contributed by atoms with van der Waals surface area (Å²) < 4.78 is 10.2. The van der Waals surface area contributed by atoms with Gasteiger partial charge in [-0.15, -0.1) is 0 Å². The maximum atomic E-state index is 11.7. The number of imide groups is 2. The van der Waals surface area contributed by atoms with Gasteiger partial charge in [-0.25, -0.2) is 9.69 Å². The SMILES string of the molecule is C=Cc1c[nH]c2ccccc12.COc1ccc(N2C(=O)CC(=O)NC2=O)cc1OC. The number of aromatic amines is 1. The van der Waals surface area contributed by atoms with E-state index < -0.39 is 17.8 Å². The molecule has 0 unspecified atom stereocenters. The lowest BCUT2D eigenvalue weighted by Crippen LogP contribution is -2.52. The second-order valence-corrected chi connectivity index (χ2v) is 6.29. The van der Waals surface area contributed by atoms with Gasteiger partial charge in [0.05, 0.1) is 19.9 Å². The van der Waals surface area contributed by atoms with Crippen LogP contribution in [0.3, 0.4) is 0 Å². The molecule has 0 saturated carbocycles. The van der Waals surface area contributed by atoms with Crippen molar-refractivity contribution in [2.75, 3.05) is 19.1 Å². The zero-order valence-corrected chi connectivity index (χ0v) is 16.6. The third-order valence-corrected chi connectivity index (χ3v) is 4.48. The van der Waals surface area contributed by atoms with Gasteiger partial charge in [0.2, 0.25) is 11.8 Å². The van der Waals surface area contributed by atoms with Gasteiger partial charge in [-0.2, -0.15) is 0 Å². The number of carbonyl (C=O) groups is 3. The number of hydrogen-bond donors (Lipinski definition) is 2. The molecule has 1 aliphatic heterocycles. The molecular formula is C22H21N3O5. The Balaban J connectivity index is 0.000000196. The van der Waals surface area contributed by atoms with Crippen molar-refractivity contribution in [3.05, 3.63) is 60.8 Å². The largest absolute Gasteiger partial charge is 0.493 e. The van der Waals surface area contributed by atoms with E-state index in [0.717, 1.165) is 4.90 Å². The van der Waals surface area contributed by atoms with Crippen LogP contribution in [0.25, 0.3) is 17.0 Å². The van der Waals surface area contributed by atoms with Crippen molar-refractivity contribution < 1.29 is 23.9 Å². The molecule has 154 valence electrons. The first-order valence-corrected chi connectivity index (χ1v) is 9.05. The van der Waals surface area contributed by atoms with E-state index in [0.29, 0.717) is 17.2 Å². The monoisotopic (exact) mass is 407 g/mol. The molecule has 1 fully saturated rings. The minimum absolute atomic E-state index is 0.313. The van der Waals surface area contributed by atoms with Gasteiger partial charge in [0.15, 0.2) is 11.5 Å². The number of methoxy groups -OCH3 is 2. The number of urea groups is 1. The molecule has 2 aromatic carbocycles. The van der Waals surface area contributed by atoms with Gasteiger partial charge in [-0.1, -0.05) is 30.9 Å². The smallest absolute Gasteiger partial charge is 0.335 e. The molecule has 1 saturated heterocycles. The van der Waals surface area contributed by atoms with Crippen LogP contribution >= 0.6 is 0 Å². The molecule has 1 aliphatic rings. The number of nitrogens with zero attached hydrogens (tertiary/aromatic N) is 1. The average molecular weight is 407 g/mol. The highest BCUT2D eigenvalue weighted by Crippen LogP contribution is 2.32. The third-order valence-electron chi connectivity index (χ3n) is 4.48. The Bertz CT molecular complexity index is 1100. The molecular weight excluding hydrogens is 386 g/mol. The number of amides is 4. The Hall–Kier alpha value is -4.07. The molecule has 4 rings (SSSR count). The first kappa shape index (κ1) is 20.7. The number of hydrogen-bond acceptors (Lipinski definition) is 5. The van der Waals surface area contributed by atoms with Crippen LogP contribution in [0.1, 0.15) is 12.0 Å². The van der Waals surface area contributed by atoms with Crippen LogP contribution in [-0.2, 0) is 9.59 Å². The number of rotatable bonds is 4. The standard InChI is InChI=1S/C12H12N2O5.C10H9N/c1-18-8-4-3-7(5-9(8)19-2)14-11(16)6-10(15)13-12(14)17;1-2-8-7-11-10-6-4-3-5-9(8)10/h3-5H,6H2,1-2H3,(H,13,15,17);2-7,11H,1H2. The summed E-state index contributed by atoms with van der Waals surface area (Å²) in [5.74, 6) is -0.322. The fourth-order valence-electron chi connectivity index (χ4n) is 3.04. The highest BCUT2D eigenvalue weighted by Gasteiger charge is 2.32. The van der Waals surface area contributed by atoms with Gasteiger partial charge in [0.1, 0.15) is 6.42 Å². The summed E-state index contributed by atoms with van der Waals surface area (Å²) in [6.45, 7) is 3.73. The summed E-state index contributed by atoms with van der Waals surface area (Å²) in [6.07, 6.45) is 3.47. The number of carbonyl (C=O) groups excluding carboxylic acids is 3.